The van der Waals surface area contributed by atoms with Crippen LogP contribution in [0.2, 0.25) is 0 Å². The number of aromatic nitrogens is 1. The van der Waals surface area contributed by atoms with Crippen molar-refractivity contribution >= 4 is 5.91 Å². The summed E-state index contributed by atoms with van der Waals surface area (Å²) in [6.45, 7) is 2.45. The van der Waals surface area contributed by atoms with Gasteiger partial charge in [-0.25, -0.2) is 0 Å². The molecule has 0 aliphatic rings. The standard InChI is InChI=1S/C12H18N2O3/c1-9-7-11(16)10(8-14-9)12(17)13-5-3-2-4-6-15/h7-8,15H,2-6H2,1H3,(H,13,17)(H,14,16). The second-order valence-electron chi connectivity index (χ2n) is 3.93. The van der Waals surface area contributed by atoms with Crippen LogP contribution < -0.4 is 10.7 Å². The molecule has 0 radical (unpaired) electrons. The number of unbranched alkanes of at least 4 members (excludes halogenated alkanes) is 2. The third-order valence-corrected chi connectivity index (χ3v) is 2.42. The van der Waals surface area contributed by atoms with Gasteiger partial charge in [-0.3, -0.25) is 9.59 Å². The zero-order valence-electron chi connectivity index (χ0n) is 9.95. The van der Waals surface area contributed by atoms with Crippen LogP contribution in [0.5, 0.6) is 0 Å². The highest BCUT2D eigenvalue weighted by Crippen LogP contribution is 1.95. The summed E-state index contributed by atoms with van der Waals surface area (Å²) in [7, 11) is 0. The summed E-state index contributed by atoms with van der Waals surface area (Å²) in [6.07, 6.45) is 3.83. The molecule has 5 heteroatoms. The van der Waals surface area contributed by atoms with E-state index in [1.807, 2.05) is 0 Å². The molecule has 1 amide bonds. The first-order valence-corrected chi connectivity index (χ1v) is 5.73. The van der Waals surface area contributed by atoms with Crippen LogP contribution in [0, 0.1) is 6.92 Å². The topological polar surface area (TPSA) is 82.2 Å². The largest absolute Gasteiger partial charge is 0.396 e. The van der Waals surface area contributed by atoms with Crippen molar-refractivity contribution in [2.75, 3.05) is 13.2 Å². The first-order chi connectivity index (χ1) is 8.15. The molecule has 94 valence electrons. The molecule has 0 atom stereocenters. The lowest BCUT2D eigenvalue weighted by Crippen LogP contribution is -2.29. The van der Waals surface area contributed by atoms with Crippen molar-refractivity contribution in [1.29, 1.82) is 0 Å². The second kappa shape index (κ2) is 6.85. The highest BCUT2D eigenvalue weighted by Gasteiger charge is 2.08. The molecule has 0 unspecified atom stereocenters. The van der Waals surface area contributed by atoms with E-state index in [0.717, 1.165) is 25.0 Å². The first kappa shape index (κ1) is 13.4. The third-order valence-electron chi connectivity index (χ3n) is 2.42. The van der Waals surface area contributed by atoms with Gasteiger partial charge in [0, 0.05) is 31.1 Å². The Morgan fingerprint density at radius 1 is 1.41 bits per heavy atom. The van der Waals surface area contributed by atoms with Gasteiger partial charge in [0.05, 0.1) is 0 Å². The van der Waals surface area contributed by atoms with Gasteiger partial charge in [0.15, 0.2) is 5.43 Å². The van der Waals surface area contributed by atoms with E-state index in [0.29, 0.717) is 6.54 Å². The van der Waals surface area contributed by atoms with Crippen LogP contribution in [0.1, 0.15) is 35.3 Å². The van der Waals surface area contributed by atoms with Gasteiger partial charge in [-0.05, 0) is 26.2 Å². The predicted octanol–water partition coefficient (Wildman–Crippen LogP) is 0.576. The molecule has 0 aromatic carbocycles. The summed E-state index contributed by atoms with van der Waals surface area (Å²) in [4.78, 5) is 26.0. The van der Waals surface area contributed by atoms with Gasteiger partial charge in [-0.2, -0.15) is 0 Å². The Labute approximate surface area is 99.9 Å². The predicted molar refractivity (Wildman–Crippen MR) is 65.1 cm³/mol. The Hall–Kier alpha value is -1.62. The van der Waals surface area contributed by atoms with Gasteiger partial charge in [-0.15, -0.1) is 0 Å². The van der Waals surface area contributed by atoms with Crippen LogP contribution in [-0.2, 0) is 0 Å². The summed E-state index contributed by atoms with van der Waals surface area (Å²) in [5, 5.41) is 11.3. The Balaban J connectivity index is 2.45. The van der Waals surface area contributed by atoms with Crippen molar-refractivity contribution in [2.24, 2.45) is 0 Å². The van der Waals surface area contributed by atoms with Crippen LogP contribution in [0.3, 0.4) is 0 Å². The Morgan fingerprint density at radius 2 is 2.18 bits per heavy atom. The number of aliphatic hydroxyl groups is 1. The van der Waals surface area contributed by atoms with E-state index in [9.17, 15) is 9.59 Å². The van der Waals surface area contributed by atoms with Crippen molar-refractivity contribution < 1.29 is 9.90 Å². The summed E-state index contributed by atoms with van der Waals surface area (Å²) in [5.41, 5.74) is 0.598. The summed E-state index contributed by atoms with van der Waals surface area (Å²) in [5.74, 6) is -0.352. The second-order valence-corrected chi connectivity index (χ2v) is 3.93. The molecule has 0 aliphatic carbocycles. The smallest absolute Gasteiger partial charge is 0.256 e. The van der Waals surface area contributed by atoms with Gasteiger partial charge >= 0.3 is 0 Å². The third kappa shape index (κ3) is 4.40. The van der Waals surface area contributed by atoms with Gasteiger partial charge in [0.2, 0.25) is 0 Å². The fourth-order valence-corrected chi connectivity index (χ4v) is 1.46. The number of hydrogen-bond acceptors (Lipinski definition) is 3. The molecule has 3 N–H and O–H groups in total. The van der Waals surface area contributed by atoms with E-state index >= 15 is 0 Å². The quantitative estimate of drug-likeness (QED) is 0.634. The zero-order valence-corrected chi connectivity index (χ0v) is 9.95. The number of nitrogens with one attached hydrogen (secondary N) is 2. The number of aromatic amines is 1. The van der Waals surface area contributed by atoms with Crippen LogP contribution >= 0.6 is 0 Å². The maximum Gasteiger partial charge on any atom is 0.256 e. The summed E-state index contributed by atoms with van der Waals surface area (Å²) < 4.78 is 0. The average molecular weight is 238 g/mol. The van der Waals surface area contributed by atoms with E-state index < -0.39 is 0 Å². The number of aliphatic hydroxyl groups excluding tert-OH is 1. The highest BCUT2D eigenvalue weighted by atomic mass is 16.2. The van der Waals surface area contributed by atoms with Crippen LogP contribution in [0.25, 0.3) is 0 Å². The van der Waals surface area contributed by atoms with Gasteiger partial charge < -0.3 is 15.4 Å². The number of aryl methyl sites for hydroxylation is 1. The molecule has 1 aromatic heterocycles. The Morgan fingerprint density at radius 3 is 2.82 bits per heavy atom. The summed E-state index contributed by atoms with van der Waals surface area (Å²) >= 11 is 0. The molecular formula is C12H18N2O3. The van der Waals surface area contributed by atoms with Crippen molar-refractivity contribution in [3.8, 4) is 0 Å². The van der Waals surface area contributed by atoms with Crippen molar-refractivity contribution in [3.05, 3.63) is 33.7 Å². The molecule has 0 saturated carbocycles. The molecule has 5 nitrogen and oxygen atoms in total. The lowest BCUT2D eigenvalue weighted by atomic mass is 10.2. The molecule has 0 saturated heterocycles. The van der Waals surface area contributed by atoms with Crippen molar-refractivity contribution in [3.63, 3.8) is 0 Å². The minimum absolute atomic E-state index is 0.137. The SMILES string of the molecule is Cc1cc(=O)c(C(=O)NCCCCCO)c[nH]1. The number of hydrogen-bond donors (Lipinski definition) is 3. The molecule has 0 bridgehead atoms. The fraction of sp³-hybridized carbons (Fsp3) is 0.500. The number of rotatable bonds is 6. The molecule has 17 heavy (non-hydrogen) atoms. The van der Waals surface area contributed by atoms with Gasteiger partial charge in [0.25, 0.3) is 5.91 Å². The lowest BCUT2D eigenvalue weighted by molar-refractivity contribution is 0.0951. The Kier molecular flexibility index (Phi) is 5.42. The van der Waals surface area contributed by atoms with E-state index in [4.69, 9.17) is 5.11 Å². The molecule has 0 spiro atoms. The molecule has 1 heterocycles. The van der Waals surface area contributed by atoms with Gasteiger partial charge in [-0.1, -0.05) is 0 Å². The molecule has 0 fully saturated rings. The molecular weight excluding hydrogens is 220 g/mol. The number of H-pyrrole nitrogens is 1. The van der Waals surface area contributed by atoms with E-state index in [2.05, 4.69) is 10.3 Å². The maximum absolute atomic E-state index is 11.6. The Bertz CT molecular complexity index is 426. The molecule has 1 rings (SSSR count). The number of pyridine rings is 1. The molecule has 1 aromatic rings. The average Bonchev–Trinajstić information content (AvgIpc) is 2.28. The van der Waals surface area contributed by atoms with Gasteiger partial charge in [0.1, 0.15) is 5.56 Å². The normalized spacial score (nSPS) is 10.2. The van der Waals surface area contributed by atoms with Crippen LogP contribution in [0.4, 0.5) is 0 Å². The van der Waals surface area contributed by atoms with E-state index in [-0.39, 0.29) is 23.5 Å². The number of carbonyl (C=O) groups is 1. The monoisotopic (exact) mass is 238 g/mol. The van der Waals surface area contributed by atoms with Crippen molar-refractivity contribution in [2.45, 2.75) is 26.2 Å². The van der Waals surface area contributed by atoms with Crippen LogP contribution in [0.15, 0.2) is 17.1 Å². The zero-order chi connectivity index (χ0) is 12.7. The van der Waals surface area contributed by atoms with Crippen molar-refractivity contribution in [1.82, 2.24) is 10.3 Å². The minimum Gasteiger partial charge on any atom is -0.396 e. The lowest BCUT2D eigenvalue weighted by Gasteiger charge is -2.04. The maximum atomic E-state index is 11.6. The van der Waals surface area contributed by atoms with E-state index in [1.54, 1.807) is 6.92 Å². The fourth-order valence-electron chi connectivity index (χ4n) is 1.46. The van der Waals surface area contributed by atoms with Crippen LogP contribution in [-0.4, -0.2) is 29.1 Å². The minimum atomic E-state index is -0.352. The highest BCUT2D eigenvalue weighted by molar-refractivity contribution is 5.93. The van der Waals surface area contributed by atoms with E-state index in [1.165, 1.54) is 12.3 Å². The first-order valence-electron chi connectivity index (χ1n) is 5.73. The number of carbonyl (C=O) groups excluding carboxylic acids is 1. The number of amides is 1. The molecule has 0 aliphatic heterocycles. The summed E-state index contributed by atoms with van der Waals surface area (Å²) in [6, 6.07) is 1.40.